The lowest BCUT2D eigenvalue weighted by atomic mass is 10.2. The average Bonchev–Trinajstić information content (AvgIpc) is 2.64. The minimum absolute atomic E-state index is 0.641. The van der Waals surface area contributed by atoms with Gasteiger partial charge in [0.1, 0.15) is 5.82 Å². The van der Waals surface area contributed by atoms with Gasteiger partial charge in [-0.05, 0) is 36.4 Å². The average molecular weight is 399 g/mol. The van der Waals surface area contributed by atoms with Crippen molar-refractivity contribution >= 4 is 44.3 Å². The summed E-state index contributed by atoms with van der Waals surface area (Å²) in [7, 11) is 2.25. The summed E-state index contributed by atoms with van der Waals surface area (Å²) < 4.78 is 1.05. The molecular formula is C19H21BrN5+. The summed E-state index contributed by atoms with van der Waals surface area (Å²) in [6.45, 7) is 4.30. The lowest BCUT2D eigenvalue weighted by molar-refractivity contribution is -0.880. The summed E-state index contributed by atoms with van der Waals surface area (Å²) >= 11 is 3.46. The Labute approximate surface area is 155 Å². The van der Waals surface area contributed by atoms with Crippen LogP contribution in [0.25, 0.3) is 10.9 Å². The number of benzene rings is 2. The van der Waals surface area contributed by atoms with Gasteiger partial charge in [-0.1, -0.05) is 28.1 Å². The van der Waals surface area contributed by atoms with E-state index in [-0.39, 0.29) is 0 Å². The molecule has 2 N–H and O–H groups in total. The Balaban J connectivity index is 1.71. The number of hydrogen-bond donors (Lipinski definition) is 2. The number of nitrogens with one attached hydrogen (secondary N) is 2. The second-order valence-electron chi connectivity index (χ2n) is 6.46. The van der Waals surface area contributed by atoms with E-state index in [4.69, 9.17) is 9.97 Å². The Bertz CT molecular complexity index is 873. The number of para-hydroxylation sites is 1. The molecular weight excluding hydrogens is 378 g/mol. The van der Waals surface area contributed by atoms with Crippen molar-refractivity contribution in [2.45, 2.75) is 0 Å². The van der Waals surface area contributed by atoms with Crippen LogP contribution in [-0.2, 0) is 0 Å². The number of nitrogens with zero attached hydrogens (tertiary/aromatic N) is 3. The number of anilines is 3. The number of quaternary nitrogens is 1. The molecule has 0 spiro atoms. The highest BCUT2D eigenvalue weighted by Crippen LogP contribution is 2.27. The number of rotatable bonds is 3. The summed E-state index contributed by atoms with van der Waals surface area (Å²) in [5.41, 5.74) is 1.95. The molecule has 0 aliphatic carbocycles. The van der Waals surface area contributed by atoms with Gasteiger partial charge in [-0.3, -0.25) is 0 Å². The zero-order chi connectivity index (χ0) is 17.2. The Hall–Kier alpha value is -2.18. The van der Waals surface area contributed by atoms with Crippen molar-refractivity contribution < 1.29 is 4.90 Å². The van der Waals surface area contributed by atoms with E-state index in [0.717, 1.165) is 53.1 Å². The van der Waals surface area contributed by atoms with Gasteiger partial charge >= 0.3 is 0 Å². The zero-order valence-corrected chi connectivity index (χ0v) is 15.8. The van der Waals surface area contributed by atoms with Crippen molar-refractivity contribution in [3.8, 4) is 0 Å². The summed E-state index contributed by atoms with van der Waals surface area (Å²) in [4.78, 5) is 13.5. The number of aromatic nitrogens is 2. The van der Waals surface area contributed by atoms with Crippen molar-refractivity contribution in [1.82, 2.24) is 9.97 Å². The molecule has 0 saturated carbocycles. The summed E-state index contributed by atoms with van der Waals surface area (Å²) in [6.07, 6.45) is 0. The molecule has 0 amide bonds. The Kier molecular flexibility index (Phi) is 4.55. The van der Waals surface area contributed by atoms with Crippen LogP contribution in [0.5, 0.6) is 0 Å². The number of halogens is 1. The third-order valence-electron chi connectivity index (χ3n) is 4.60. The predicted octanol–water partition coefficient (Wildman–Crippen LogP) is 2.47. The van der Waals surface area contributed by atoms with E-state index >= 15 is 0 Å². The zero-order valence-electron chi connectivity index (χ0n) is 14.2. The lowest BCUT2D eigenvalue weighted by Gasteiger charge is -2.31. The molecule has 25 heavy (non-hydrogen) atoms. The molecule has 1 aliphatic heterocycles. The maximum atomic E-state index is 4.85. The highest BCUT2D eigenvalue weighted by atomic mass is 79.9. The van der Waals surface area contributed by atoms with Gasteiger partial charge in [0.2, 0.25) is 5.95 Å². The first-order chi connectivity index (χ1) is 12.2. The molecule has 1 aromatic heterocycles. The van der Waals surface area contributed by atoms with Crippen LogP contribution in [0.4, 0.5) is 17.5 Å². The normalized spacial score (nSPS) is 15.5. The molecule has 0 atom stereocenters. The molecule has 1 saturated heterocycles. The van der Waals surface area contributed by atoms with Gasteiger partial charge in [0.05, 0.1) is 38.7 Å². The maximum absolute atomic E-state index is 4.85. The Morgan fingerprint density at radius 1 is 1.00 bits per heavy atom. The van der Waals surface area contributed by atoms with Gasteiger partial charge in [0.25, 0.3) is 0 Å². The third-order valence-corrected chi connectivity index (χ3v) is 5.13. The fourth-order valence-electron chi connectivity index (χ4n) is 3.12. The molecule has 0 unspecified atom stereocenters. The van der Waals surface area contributed by atoms with Gasteiger partial charge in [-0.25, -0.2) is 4.98 Å². The smallest absolute Gasteiger partial charge is 0.229 e. The van der Waals surface area contributed by atoms with Crippen LogP contribution in [0, 0.1) is 0 Å². The molecule has 5 nitrogen and oxygen atoms in total. The van der Waals surface area contributed by atoms with Gasteiger partial charge < -0.3 is 15.1 Å². The van der Waals surface area contributed by atoms with Crippen molar-refractivity contribution in [1.29, 1.82) is 0 Å². The van der Waals surface area contributed by atoms with E-state index in [1.165, 1.54) is 0 Å². The van der Waals surface area contributed by atoms with Crippen LogP contribution < -0.4 is 15.1 Å². The summed E-state index contributed by atoms with van der Waals surface area (Å²) in [5.74, 6) is 1.67. The monoisotopic (exact) mass is 398 g/mol. The van der Waals surface area contributed by atoms with Crippen LogP contribution in [0.3, 0.4) is 0 Å². The first-order valence-corrected chi connectivity index (χ1v) is 9.34. The fraction of sp³-hybridized carbons (Fsp3) is 0.263. The summed E-state index contributed by atoms with van der Waals surface area (Å²) in [5, 5.41) is 4.45. The van der Waals surface area contributed by atoms with Crippen LogP contribution >= 0.6 is 15.9 Å². The molecule has 4 rings (SSSR count). The molecule has 3 aromatic rings. The molecule has 2 heterocycles. The Morgan fingerprint density at radius 3 is 2.48 bits per heavy atom. The molecule has 1 fully saturated rings. The highest BCUT2D eigenvalue weighted by Gasteiger charge is 2.21. The van der Waals surface area contributed by atoms with Crippen molar-refractivity contribution in [3.05, 3.63) is 53.0 Å². The molecule has 128 valence electrons. The predicted molar refractivity (Wildman–Crippen MR) is 106 cm³/mol. The lowest BCUT2D eigenvalue weighted by Crippen LogP contribution is -3.12. The number of piperazine rings is 1. The van der Waals surface area contributed by atoms with Gasteiger partial charge in [-0.2, -0.15) is 4.98 Å². The van der Waals surface area contributed by atoms with Crippen LogP contribution in [0.2, 0.25) is 0 Å². The van der Waals surface area contributed by atoms with E-state index in [9.17, 15) is 0 Å². The molecule has 6 heteroatoms. The van der Waals surface area contributed by atoms with E-state index in [1.54, 1.807) is 4.90 Å². The minimum atomic E-state index is 0.641. The fourth-order valence-corrected chi connectivity index (χ4v) is 3.38. The third kappa shape index (κ3) is 3.60. The Morgan fingerprint density at radius 2 is 1.72 bits per heavy atom. The SMILES string of the molecule is C[NH+]1CCN(c2nc(Nc3ccc(Br)cc3)nc3ccccc23)CC1. The van der Waals surface area contributed by atoms with E-state index < -0.39 is 0 Å². The topological polar surface area (TPSA) is 45.5 Å². The number of hydrogen-bond acceptors (Lipinski definition) is 4. The largest absolute Gasteiger partial charge is 0.345 e. The standard InChI is InChI=1S/C19H20BrN5/c1-24-10-12-25(13-11-24)18-16-4-2-3-5-17(16)22-19(23-18)21-15-8-6-14(20)7-9-15/h2-9H,10-13H2,1H3,(H,21,22,23)/p+1. The van der Waals surface area contributed by atoms with Gasteiger partial charge in [0.15, 0.2) is 0 Å². The van der Waals surface area contributed by atoms with E-state index in [2.05, 4.69) is 51.4 Å². The number of fused-ring (bicyclic) bond motifs is 1. The molecule has 0 bridgehead atoms. The van der Waals surface area contributed by atoms with E-state index in [0.29, 0.717) is 5.95 Å². The highest BCUT2D eigenvalue weighted by molar-refractivity contribution is 9.10. The minimum Gasteiger partial charge on any atom is -0.345 e. The van der Waals surface area contributed by atoms with Crippen LogP contribution in [-0.4, -0.2) is 43.2 Å². The van der Waals surface area contributed by atoms with Gasteiger partial charge in [-0.15, -0.1) is 0 Å². The number of likely N-dealkylation sites (N-methyl/N-ethyl adjacent to an activating group) is 1. The van der Waals surface area contributed by atoms with Crippen LogP contribution in [0.15, 0.2) is 53.0 Å². The first-order valence-electron chi connectivity index (χ1n) is 8.55. The van der Waals surface area contributed by atoms with Crippen molar-refractivity contribution in [2.75, 3.05) is 43.4 Å². The maximum Gasteiger partial charge on any atom is 0.229 e. The first kappa shape index (κ1) is 16.3. The quantitative estimate of drug-likeness (QED) is 0.711. The molecule has 1 aliphatic rings. The van der Waals surface area contributed by atoms with Crippen molar-refractivity contribution in [2.24, 2.45) is 0 Å². The second kappa shape index (κ2) is 6.98. The van der Waals surface area contributed by atoms with Crippen molar-refractivity contribution in [3.63, 3.8) is 0 Å². The van der Waals surface area contributed by atoms with Gasteiger partial charge in [0, 0.05) is 15.5 Å². The molecule has 2 aromatic carbocycles. The van der Waals surface area contributed by atoms with E-state index in [1.807, 2.05) is 30.3 Å². The summed E-state index contributed by atoms with van der Waals surface area (Å²) in [6, 6.07) is 16.3. The molecule has 0 radical (unpaired) electrons. The van der Waals surface area contributed by atoms with Crippen LogP contribution in [0.1, 0.15) is 0 Å². The second-order valence-corrected chi connectivity index (χ2v) is 7.38.